The smallest absolute Gasteiger partial charge is 0.306 e. The van der Waals surface area contributed by atoms with Crippen LogP contribution in [0.5, 0.6) is 0 Å². The van der Waals surface area contributed by atoms with Crippen LogP contribution in [0.2, 0.25) is 0 Å². The second-order valence-corrected chi connectivity index (χ2v) is 14.6. The number of ether oxygens (including phenoxy) is 1. The van der Waals surface area contributed by atoms with Crippen LogP contribution in [-0.4, -0.2) is 26.9 Å². The van der Waals surface area contributed by atoms with Gasteiger partial charge in [-0.3, -0.25) is 0 Å². The maximum atomic E-state index is 13.6. The third-order valence-corrected chi connectivity index (χ3v) is 12.1. The van der Waals surface area contributed by atoms with Gasteiger partial charge in [0.1, 0.15) is 0 Å². The van der Waals surface area contributed by atoms with Gasteiger partial charge in [-0.2, -0.15) is 8.42 Å². The van der Waals surface area contributed by atoms with Crippen LogP contribution in [-0.2, 0) is 30.0 Å². The minimum atomic E-state index is -3.91. The van der Waals surface area contributed by atoms with Crippen molar-refractivity contribution in [2.24, 2.45) is 0 Å². The second-order valence-electron chi connectivity index (χ2n) is 9.75. The molecule has 1 heterocycles. The molecule has 0 spiro atoms. The molecule has 0 aliphatic carbocycles. The third kappa shape index (κ3) is 7.94. The number of unbranched alkanes of at least 4 members (excludes halogenated alkanes) is 2. The summed E-state index contributed by atoms with van der Waals surface area (Å²) in [5.41, 5.74) is 3.25. The fourth-order valence-electron chi connectivity index (χ4n) is 4.75. The summed E-state index contributed by atoms with van der Waals surface area (Å²) in [6, 6.07) is 27.3. The first-order valence-electron chi connectivity index (χ1n) is 12.9. The van der Waals surface area contributed by atoms with Crippen LogP contribution in [0.4, 0.5) is 0 Å². The van der Waals surface area contributed by atoms with Crippen molar-refractivity contribution in [2.75, 3.05) is 12.4 Å². The average Bonchev–Trinajstić information content (AvgIpc) is 3.39. The van der Waals surface area contributed by atoms with E-state index < -0.39 is 20.4 Å². The lowest BCUT2D eigenvalue weighted by Crippen LogP contribution is -2.19. The van der Waals surface area contributed by atoms with Crippen LogP contribution in [0, 0.1) is 6.92 Å². The van der Waals surface area contributed by atoms with Crippen LogP contribution >= 0.6 is 10.3 Å². The Kier molecular flexibility index (Phi) is 9.66. The molecule has 1 saturated heterocycles. The molecule has 1 fully saturated rings. The van der Waals surface area contributed by atoms with Gasteiger partial charge in [0, 0.05) is 23.9 Å². The molecule has 6 heteroatoms. The van der Waals surface area contributed by atoms with Crippen LogP contribution in [0.1, 0.15) is 55.2 Å². The van der Waals surface area contributed by atoms with Crippen LogP contribution < -0.4 is 0 Å². The normalized spacial score (nSPS) is 16.8. The van der Waals surface area contributed by atoms with Gasteiger partial charge in [-0.05, 0) is 55.9 Å². The van der Waals surface area contributed by atoms with Crippen molar-refractivity contribution >= 4 is 20.4 Å². The Balaban J connectivity index is 1.59. The van der Waals surface area contributed by atoms with Crippen LogP contribution in [0.3, 0.4) is 0 Å². The lowest BCUT2D eigenvalue weighted by atomic mass is 10.1. The van der Waals surface area contributed by atoms with Crippen molar-refractivity contribution in [3.63, 3.8) is 0 Å². The van der Waals surface area contributed by atoms with Gasteiger partial charge in [-0.25, -0.2) is 3.63 Å². The Hall–Kier alpha value is -2.12. The molecule has 0 N–H and O–H groups in total. The highest BCUT2D eigenvalue weighted by Crippen LogP contribution is 2.57. The van der Waals surface area contributed by atoms with Gasteiger partial charge in [-0.1, -0.05) is 91.2 Å². The summed E-state index contributed by atoms with van der Waals surface area (Å²) >= 11 is 0. The molecular formula is C30H38O4S2. The predicted molar refractivity (Wildman–Crippen MR) is 150 cm³/mol. The predicted octanol–water partition coefficient (Wildman–Crippen LogP) is 7.56. The molecule has 4 rings (SSSR count). The SMILES string of the molecule is Cc1ccc(S(=O)(=O)OS(CCCCCC2CCCO2)(Cc2ccccc2)Cc2ccccc2)cc1. The van der Waals surface area contributed by atoms with E-state index in [2.05, 4.69) is 24.3 Å². The maximum Gasteiger partial charge on any atom is 0.306 e. The van der Waals surface area contributed by atoms with E-state index in [1.54, 1.807) is 12.1 Å². The highest BCUT2D eigenvalue weighted by atomic mass is 32.3. The molecule has 1 atom stereocenters. The summed E-state index contributed by atoms with van der Waals surface area (Å²) < 4.78 is 39.3. The summed E-state index contributed by atoms with van der Waals surface area (Å²) in [4.78, 5) is 0.226. The molecule has 3 aromatic carbocycles. The van der Waals surface area contributed by atoms with E-state index in [9.17, 15) is 8.42 Å². The monoisotopic (exact) mass is 526 g/mol. The Morgan fingerprint density at radius 3 is 1.97 bits per heavy atom. The van der Waals surface area contributed by atoms with Crippen molar-refractivity contribution in [3.8, 4) is 0 Å². The quantitative estimate of drug-likeness (QED) is 0.216. The van der Waals surface area contributed by atoms with E-state index in [1.807, 2.05) is 55.5 Å². The highest BCUT2D eigenvalue weighted by Gasteiger charge is 2.33. The standard InChI is InChI=1S/C30H38O4S2/c1-26-18-20-30(21-19-26)36(31,32)34-35(24-27-12-5-2-6-13-27,25-28-14-7-3-8-15-28)23-10-4-9-16-29-17-11-22-33-29/h2-3,5-8,12-15,18-21,29H,4,9-11,16-17,22-25H2,1H3. The zero-order chi connectivity index (χ0) is 25.3. The Labute approximate surface area is 218 Å². The summed E-state index contributed by atoms with van der Waals surface area (Å²) in [7, 11) is -5.95. The summed E-state index contributed by atoms with van der Waals surface area (Å²) in [6.45, 7) is 2.84. The number of hydrogen-bond donors (Lipinski definition) is 0. The van der Waals surface area contributed by atoms with Crippen molar-refractivity contribution in [2.45, 2.75) is 68.0 Å². The van der Waals surface area contributed by atoms with Gasteiger partial charge in [0.05, 0.1) is 11.0 Å². The molecule has 1 aliphatic rings. The molecule has 1 aliphatic heterocycles. The van der Waals surface area contributed by atoms with E-state index in [4.69, 9.17) is 8.37 Å². The molecule has 1 unspecified atom stereocenters. The van der Waals surface area contributed by atoms with E-state index >= 15 is 0 Å². The summed E-state index contributed by atoms with van der Waals surface area (Å²) in [5, 5.41) is 0. The maximum absolute atomic E-state index is 13.6. The van der Waals surface area contributed by atoms with Crippen molar-refractivity contribution in [1.82, 2.24) is 0 Å². The van der Waals surface area contributed by atoms with Crippen molar-refractivity contribution in [3.05, 3.63) is 102 Å². The first-order chi connectivity index (χ1) is 17.4. The molecule has 194 valence electrons. The summed E-state index contributed by atoms with van der Waals surface area (Å²) in [6.07, 6.45) is 6.89. The number of aryl methyl sites for hydroxylation is 1. The molecule has 0 amide bonds. The molecule has 3 aromatic rings. The van der Waals surface area contributed by atoms with E-state index in [0.717, 1.165) is 67.6 Å². The Morgan fingerprint density at radius 2 is 1.42 bits per heavy atom. The molecule has 0 radical (unpaired) electrons. The molecule has 0 bridgehead atoms. The van der Waals surface area contributed by atoms with Crippen molar-refractivity contribution < 1.29 is 16.8 Å². The number of hydrogen-bond acceptors (Lipinski definition) is 4. The minimum absolute atomic E-state index is 0.226. The molecule has 4 nitrogen and oxygen atoms in total. The third-order valence-electron chi connectivity index (χ3n) is 6.66. The van der Waals surface area contributed by atoms with Crippen molar-refractivity contribution in [1.29, 1.82) is 0 Å². The molecule has 0 saturated carbocycles. The Bertz CT molecular complexity index is 1120. The topological polar surface area (TPSA) is 52.6 Å². The molecule has 36 heavy (non-hydrogen) atoms. The molecule has 0 aromatic heterocycles. The largest absolute Gasteiger partial charge is 0.378 e. The number of benzene rings is 3. The lowest BCUT2D eigenvalue weighted by molar-refractivity contribution is 0.102. The zero-order valence-electron chi connectivity index (χ0n) is 21.2. The summed E-state index contributed by atoms with van der Waals surface area (Å²) in [5.74, 6) is 1.96. The van der Waals surface area contributed by atoms with Gasteiger partial charge in [0.2, 0.25) is 0 Å². The highest BCUT2D eigenvalue weighted by molar-refractivity contribution is 8.31. The fraction of sp³-hybridized carbons (Fsp3) is 0.400. The minimum Gasteiger partial charge on any atom is -0.378 e. The van der Waals surface area contributed by atoms with E-state index in [0.29, 0.717) is 17.6 Å². The Morgan fingerprint density at radius 1 is 0.806 bits per heavy atom. The van der Waals surface area contributed by atoms with Gasteiger partial charge in [0.15, 0.2) is 0 Å². The second kappa shape index (κ2) is 12.9. The first-order valence-corrected chi connectivity index (χ1v) is 16.4. The average molecular weight is 527 g/mol. The van der Waals surface area contributed by atoms with Gasteiger partial charge < -0.3 is 4.74 Å². The zero-order valence-corrected chi connectivity index (χ0v) is 22.8. The van der Waals surface area contributed by atoms with Crippen LogP contribution in [0.15, 0.2) is 89.8 Å². The molecular weight excluding hydrogens is 488 g/mol. The number of rotatable bonds is 13. The fourth-order valence-corrected chi connectivity index (χ4v) is 10.4. The van der Waals surface area contributed by atoms with Crippen LogP contribution in [0.25, 0.3) is 0 Å². The lowest BCUT2D eigenvalue weighted by Gasteiger charge is -2.39. The van der Waals surface area contributed by atoms with Gasteiger partial charge >= 0.3 is 10.1 Å². The van der Waals surface area contributed by atoms with Gasteiger partial charge in [-0.15, -0.1) is 10.3 Å². The van der Waals surface area contributed by atoms with Gasteiger partial charge in [0.25, 0.3) is 0 Å². The first kappa shape index (κ1) is 26.9. The van der Waals surface area contributed by atoms with E-state index in [1.165, 1.54) is 0 Å². The van der Waals surface area contributed by atoms with E-state index in [-0.39, 0.29) is 4.90 Å².